The number of anilines is 1. The molecule has 0 saturated carbocycles. The third kappa shape index (κ3) is 1.99. The highest BCUT2D eigenvalue weighted by molar-refractivity contribution is 6.03. The number of aryl methyl sites for hydroxylation is 2. The van der Waals surface area contributed by atoms with Gasteiger partial charge in [-0.15, -0.1) is 10.2 Å². The molecule has 2 heterocycles. The number of nitrogens with zero attached hydrogens (tertiary/aromatic N) is 5. The van der Waals surface area contributed by atoms with Crippen LogP contribution in [0.3, 0.4) is 0 Å². The molecule has 0 bridgehead atoms. The quantitative estimate of drug-likeness (QED) is 0.759. The first kappa shape index (κ1) is 12.2. The predicted octanol–water partition coefficient (Wildman–Crippen LogP) is 1.39. The molecule has 0 atom stereocenters. The lowest BCUT2D eigenvalue weighted by atomic mass is 10.2. The normalized spacial score (nSPS) is 10.7. The molecule has 2 aromatic heterocycles. The van der Waals surface area contributed by atoms with E-state index in [1.165, 1.54) is 10.8 Å². The minimum atomic E-state index is -0.318. The van der Waals surface area contributed by atoms with Gasteiger partial charge in [0, 0.05) is 5.69 Å². The van der Waals surface area contributed by atoms with Crippen LogP contribution in [0.1, 0.15) is 21.7 Å². The van der Waals surface area contributed by atoms with Gasteiger partial charge in [0.25, 0.3) is 11.7 Å². The summed E-state index contributed by atoms with van der Waals surface area (Å²) in [5.41, 5.74) is 2.55. The third-order valence-electron chi connectivity index (χ3n) is 3.04. The van der Waals surface area contributed by atoms with E-state index in [-0.39, 0.29) is 11.6 Å². The lowest BCUT2D eigenvalue weighted by molar-refractivity contribution is 0.102. The fraction of sp³-hybridized carbons (Fsp3) is 0.154. The minimum Gasteiger partial charge on any atom is -0.320 e. The Morgan fingerprint density at radius 2 is 2.00 bits per heavy atom. The average molecular weight is 268 g/mol. The first-order valence-electron chi connectivity index (χ1n) is 6.07. The summed E-state index contributed by atoms with van der Waals surface area (Å²) >= 11 is 0. The summed E-state index contributed by atoms with van der Waals surface area (Å²) < 4.78 is 1.49. The second-order valence-corrected chi connectivity index (χ2v) is 4.37. The Bertz CT molecular complexity index is 794. The van der Waals surface area contributed by atoms with Crippen LogP contribution >= 0.6 is 0 Å². The van der Waals surface area contributed by atoms with Gasteiger partial charge in [0.15, 0.2) is 5.69 Å². The molecule has 0 aliphatic rings. The lowest BCUT2D eigenvalue weighted by Gasteiger charge is -2.08. The van der Waals surface area contributed by atoms with Gasteiger partial charge in [-0.05, 0) is 25.5 Å². The highest BCUT2D eigenvalue weighted by atomic mass is 16.2. The van der Waals surface area contributed by atoms with Crippen molar-refractivity contribution in [1.82, 2.24) is 24.8 Å². The number of hydrogen-bond donors (Lipinski definition) is 1. The molecule has 0 aliphatic carbocycles. The summed E-state index contributed by atoms with van der Waals surface area (Å²) in [5, 5.41) is 14.6. The van der Waals surface area contributed by atoms with Crippen LogP contribution in [0.25, 0.3) is 5.78 Å². The average Bonchev–Trinajstić information content (AvgIpc) is 2.91. The molecule has 0 fully saturated rings. The van der Waals surface area contributed by atoms with Crippen molar-refractivity contribution < 1.29 is 4.79 Å². The zero-order valence-corrected chi connectivity index (χ0v) is 11.0. The van der Waals surface area contributed by atoms with Gasteiger partial charge in [0.2, 0.25) is 0 Å². The standard InChI is InChI=1S/C13H12N6O/c1-8-5-3-4-6-10(8)16-12(20)11-9(2)19-13(18-17-11)14-7-15-19/h3-7H,1-2H3,(H,16,20). The maximum atomic E-state index is 12.3. The highest BCUT2D eigenvalue weighted by Gasteiger charge is 2.16. The van der Waals surface area contributed by atoms with Crippen LogP contribution in [0.5, 0.6) is 0 Å². The monoisotopic (exact) mass is 268 g/mol. The number of nitrogens with one attached hydrogen (secondary N) is 1. The molecule has 20 heavy (non-hydrogen) atoms. The van der Waals surface area contributed by atoms with Crippen molar-refractivity contribution >= 4 is 17.4 Å². The lowest BCUT2D eigenvalue weighted by Crippen LogP contribution is -2.19. The summed E-state index contributed by atoms with van der Waals surface area (Å²) in [5.74, 6) is 0.0524. The topological polar surface area (TPSA) is 85.1 Å². The number of fused-ring (bicyclic) bond motifs is 1. The van der Waals surface area contributed by atoms with Crippen molar-refractivity contribution in [3.8, 4) is 0 Å². The van der Waals surface area contributed by atoms with Crippen molar-refractivity contribution in [3.63, 3.8) is 0 Å². The van der Waals surface area contributed by atoms with Crippen LogP contribution in [0, 0.1) is 13.8 Å². The number of rotatable bonds is 2. The van der Waals surface area contributed by atoms with E-state index in [4.69, 9.17) is 0 Å². The Morgan fingerprint density at radius 1 is 1.20 bits per heavy atom. The fourth-order valence-electron chi connectivity index (χ4n) is 1.91. The minimum absolute atomic E-state index is 0.228. The van der Waals surface area contributed by atoms with E-state index in [0.717, 1.165) is 11.3 Å². The SMILES string of the molecule is Cc1ccccc1NC(=O)c1nnc2ncnn2c1C. The molecule has 0 spiro atoms. The molecule has 7 heteroatoms. The molecular weight excluding hydrogens is 256 g/mol. The van der Waals surface area contributed by atoms with E-state index in [2.05, 4.69) is 25.6 Å². The maximum Gasteiger partial charge on any atom is 0.278 e. The number of benzene rings is 1. The summed E-state index contributed by atoms with van der Waals surface area (Å²) in [6.07, 6.45) is 1.38. The van der Waals surface area contributed by atoms with Gasteiger partial charge < -0.3 is 5.32 Å². The number of aromatic nitrogens is 5. The second-order valence-electron chi connectivity index (χ2n) is 4.37. The zero-order valence-electron chi connectivity index (χ0n) is 11.0. The van der Waals surface area contributed by atoms with Gasteiger partial charge in [-0.2, -0.15) is 14.6 Å². The summed E-state index contributed by atoms with van der Waals surface area (Å²) in [6, 6.07) is 7.54. The molecule has 0 saturated heterocycles. The number of amides is 1. The van der Waals surface area contributed by atoms with Gasteiger partial charge in [-0.25, -0.2) is 0 Å². The van der Waals surface area contributed by atoms with Crippen molar-refractivity contribution in [2.75, 3.05) is 5.32 Å². The Hall–Kier alpha value is -2.83. The van der Waals surface area contributed by atoms with Gasteiger partial charge in [0.05, 0.1) is 5.69 Å². The molecular formula is C13H12N6O. The second kappa shape index (κ2) is 4.69. The molecule has 3 aromatic rings. The van der Waals surface area contributed by atoms with E-state index in [0.29, 0.717) is 11.5 Å². The molecule has 0 radical (unpaired) electrons. The van der Waals surface area contributed by atoms with Gasteiger partial charge in [0.1, 0.15) is 6.33 Å². The summed E-state index contributed by atoms with van der Waals surface area (Å²) in [6.45, 7) is 3.68. The van der Waals surface area contributed by atoms with Crippen LogP contribution in [0.2, 0.25) is 0 Å². The molecule has 0 unspecified atom stereocenters. The molecule has 1 amide bonds. The first-order chi connectivity index (χ1) is 9.66. The third-order valence-corrected chi connectivity index (χ3v) is 3.04. The van der Waals surface area contributed by atoms with E-state index in [1.54, 1.807) is 6.92 Å². The van der Waals surface area contributed by atoms with Crippen LogP contribution < -0.4 is 5.32 Å². The smallest absolute Gasteiger partial charge is 0.278 e. The number of carbonyl (C=O) groups excluding carboxylic acids is 1. The fourth-order valence-corrected chi connectivity index (χ4v) is 1.91. The van der Waals surface area contributed by atoms with Crippen molar-refractivity contribution in [3.05, 3.63) is 47.5 Å². The molecule has 0 aliphatic heterocycles. The zero-order chi connectivity index (χ0) is 14.1. The highest BCUT2D eigenvalue weighted by Crippen LogP contribution is 2.15. The van der Waals surface area contributed by atoms with Crippen molar-refractivity contribution in [2.45, 2.75) is 13.8 Å². The van der Waals surface area contributed by atoms with Gasteiger partial charge in [-0.1, -0.05) is 18.2 Å². The van der Waals surface area contributed by atoms with E-state index in [1.807, 2.05) is 31.2 Å². The number of hydrogen-bond acceptors (Lipinski definition) is 5. The summed E-state index contributed by atoms with van der Waals surface area (Å²) in [4.78, 5) is 16.2. The molecule has 7 nitrogen and oxygen atoms in total. The van der Waals surface area contributed by atoms with E-state index in [9.17, 15) is 4.79 Å². The molecule has 1 N–H and O–H groups in total. The van der Waals surface area contributed by atoms with Gasteiger partial charge in [-0.3, -0.25) is 4.79 Å². The molecule has 1 aromatic carbocycles. The van der Waals surface area contributed by atoms with Crippen LogP contribution in [0.15, 0.2) is 30.6 Å². The molecule has 3 rings (SSSR count). The Kier molecular flexibility index (Phi) is 2.86. The van der Waals surface area contributed by atoms with Crippen LogP contribution in [-0.4, -0.2) is 30.7 Å². The molecule has 100 valence electrons. The van der Waals surface area contributed by atoms with Crippen LogP contribution in [0.4, 0.5) is 5.69 Å². The Balaban J connectivity index is 1.97. The predicted molar refractivity (Wildman–Crippen MR) is 72.4 cm³/mol. The van der Waals surface area contributed by atoms with Crippen molar-refractivity contribution in [1.29, 1.82) is 0 Å². The first-order valence-corrected chi connectivity index (χ1v) is 6.07. The van der Waals surface area contributed by atoms with E-state index < -0.39 is 0 Å². The largest absolute Gasteiger partial charge is 0.320 e. The summed E-state index contributed by atoms with van der Waals surface area (Å²) in [7, 11) is 0. The maximum absolute atomic E-state index is 12.3. The van der Waals surface area contributed by atoms with Crippen LogP contribution in [-0.2, 0) is 0 Å². The van der Waals surface area contributed by atoms with Crippen molar-refractivity contribution in [2.24, 2.45) is 0 Å². The Labute approximate surface area is 114 Å². The van der Waals surface area contributed by atoms with E-state index >= 15 is 0 Å². The number of carbonyl (C=O) groups is 1. The van der Waals surface area contributed by atoms with Gasteiger partial charge >= 0.3 is 0 Å². The Morgan fingerprint density at radius 3 is 2.80 bits per heavy atom. The number of para-hydroxylation sites is 1.